The van der Waals surface area contributed by atoms with Gasteiger partial charge in [-0.2, -0.15) is 0 Å². The summed E-state index contributed by atoms with van der Waals surface area (Å²) in [5, 5.41) is 2.05. The first kappa shape index (κ1) is 12.2. The third kappa shape index (κ3) is 4.95. The summed E-state index contributed by atoms with van der Waals surface area (Å²) >= 11 is 1.72. The molecule has 1 rings (SSSR count). The lowest BCUT2D eigenvalue weighted by Gasteiger charge is -2.10. The van der Waals surface area contributed by atoms with Gasteiger partial charge in [-0.25, -0.2) is 0 Å². The Hall–Kier alpha value is -0.870. The number of carbonyl (C=O) groups excluding carboxylic acids is 1. The Labute approximate surface area is 94.0 Å². The van der Waals surface area contributed by atoms with Crippen molar-refractivity contribution in [1.29, 1.82) is 0 Å². The van der Waals surface area contributed by atoms with E-state index in [1.807, 2.05) is 18.4 Å². The average Bonchev–Trinajstić information content (AvgIpc) is 2.70. The average molecular weight is 228 g/mol. The van der Waals surface area contributed by atoms with Crippen LogP contribution in [-0.2, 0) is 20.7 Å². The van der Waals surface area contributed by atoms with Gasteiger partial charge in [-0.3, -0.25) is 4.79 Å². The predicted molar refractivity (Wildman–Crippen MR) is 60.1 cm³/mol. The van der Waals surface area contributed by atoms with Crippen LogP contribution in [0.2, 0.25) is 0 Å². The molecule has 0 amide bonds. The van der Waals surface area contributed by atoms with Gasteiger partial charge in [0.2, 0.25) is 0 Å². The number of hydrogen-bond donors (Lipinski definition) is 0. The van der Waals surface area contributed by atoms with Crippen LogP contribution in [0.4, 0.5) is 0 Å². The van der Waals surface area contributed by atoms with E-state index in [4.69, 9.17) is 4.74 Å². The molecule has 0 aliphatic rings. The molecule has 0 N–H and O–H groups in total. The van der Waals surface area contributed by atoms with E-state index >= 15 is 0 Å². The van der Waals surface area contributed by atoms with Crippen LogP contribution < -0.4 is 0 Å². The van der Waals surface area contributed by atoms with Crippen LogP contribution in [0.1, 0.15) is 18.2 Å². The van der Waals surface area contributed by atoms with Crippen LogP contribution in [0.25, 0.3) is 0 Å². The van der Waals surface area contributed by atoms with Crippen LogP contribution in [0.3, 0.4) is 0 Å². The maximum Gasteiger partial charge on any atom is 0.308 e. The second kappa shape index (κ2) is 6.58. The lowest BCUT2D eigenvalue weighted by atomic mass is 10.3. The molecular weight excluding hydrogens is 212 g/mol. The van der Waals surface area contributed by atoms with E-state index < -0.39 is 0 Å². The van der Waals surface area contributed by atoms with Gasteiger partial charge in [-0.05, 0) is 18.4 Å². The van der Waals surface area contributed by atoms with E-state index in [0.29, 0.717) is 13.0 Å². The lowest BCUT2D eigenvalue weighted by Crippen LogP contribution is -2.16. The van der Waals surface area contributed by atoms with E-state index in [-0.39, 0.29) is 12.1 Å². The molecule has 0 aliphatic heterocycles. The number of rotatable bonds is 6. The van der Waals surface area contributed by atoms with Crippen molar-refractivity contribution in [2.75, 3.05) is 13.7 Å². The van der Waals surface area contributed by atoms with Crippen molar-refractivity contribution >= 4 is 17.3 Å². The summed E-state index contributed by atoms with van der Waals surface area (Å²) in [6.45, 7) is 2.53. The second-order valence-electron chi connectivity index (χ2n) is 3.29. The zero-order valence-corrected chi connectivity index (χ0v) is 9.88. The summed E-state index contributed by atoms with van der Waals surface area (Å²) in [4.78, 5) is 12.2. The number of methoxy groups -OCH3 is 1. The largest absolute Gasteiger partial charge is 0.469 e. The molecule has 1 atom stereocenters. The normalized spacial score (nSPS) is 12.4. The highest BCUT2D eigenvalue weighted by Gasteiger charge is 2.09. The molecule has 1 heterocycles. The molecule has 1 aromatic heterocycles. The molecule has 15 heavy (non-hydrogen) atoms. The van der Waals surface area contributed by atoms with Crippen molar-refractivity contribution in [1.82, 2.24) is 0 Å². The topological polar surface area (TPSA) is 35.5 Å². The molecule has 1 unspecified atom stereocenters. The molecule has 4 heteroatoms. The second-order valence-corrected chi connectivity index (χ2v) is 4.32. The Morgan fingerprint density at radius 2 is 2.40 bits per heavy atom. The van der Waals surface area contributed by atoms with Crippen LogP contribution in [-0.4, -0.2) is 25.8 Å². The third-order valence-electron chi connectivity index (χ3n) is 2.01. The first-order chi connectivity index (χ1) is 7.22. The van der Waals surface area contributed by atoms with E-state index in [2.05, 4.69) is 10.8 Å². The minimum Gasteiger partial charge on any atom is -0.469 e. The highest BCUT2D eigenvalue weighted by atomic mass is 32.1. The van der Waals surface area contributed by atoms with Gasteiger partial charge >= 0.3 is 5.97 Å². The number of ether oxygens (including phenoxy) is 2. The number of esters is 1. The van der Waals surface area contributed by atoms with E-state index in [1.165, 1.54) is 12.0 Å². The van der Waals surface area contributed by atoms with Gasteiger partial charge < -0.3 is 9.47 Å². The lowest BCUT2D eigenvalue weighted by molar-refractivity contribution is -0.143. The summed E-state index contributed by atoms with van der Waals surface area (Å²) in [6.07, 6.45) is 1.15. The van der Waals surface area contributed by atoms with Crippen molar-refractivity contribution in [3.63, 3.8) is 0 Å². The first-order valence-corrected chi connectivity index (χ1v) is 5.81. The Bertz CT molecular complexity index is 282. The first-order valence-electron chi connectivity index (χ1n) is 4.93. The van der Waals surface area contributed by atoms with Gasteiger partial charge in [0.15, 0.2) is 0 Å². The Balaban J connectivity index is 2.12. The highest BCUT2D eigenvalue weighted by molar-refractivity contribution is 7.09. The molecule has 1 aromatic rings. The molecule has 3 nitrogen and oxygen atoms in total. The van der Waals surface area contributed by atoms with Crippen LogP contribution in [0.5, 0.6) is 0 Å². The third-order valence-corrected chi connectivity index (χ3v) is 2.95. The fourth-order valence-corrected chi connectivity index (χ4v) is 1.88. The van der Waals surface area contributed by atoms with E-state index in [0.717, 1.165) is 6.42 Å². The summed E-state index contributed by atoms with van der Waals surface area (Å²) in [7, 11) is 1.39. The van der Waals surface area contributed by atoms with Gasteiger partial charge in [0.05, 0.1) is 26.2 Å². The standard InChI is InChI=1S/C11H16O3S/c1-9(8-11(12)13-2)14-6-5-10-4-3-7-15-10/h3-4,7,9H,5-6,8H2,1-2H3. The SMILES string of the molecule is COC(=O)CC(C)OCCc1cccs1. The zero-order chi connectivity index (χ0) is 11.1. The minimum atomic E-state index is -0.223. The molecule has 0 bridgehead atoms. The molecular formula is C11H16O3S. The van der Waals surface area contributed by atoms with E-state index in [1.54, 1.807) is 11.3 Å². The van der Waals surface area contributed by atoms with Crippen LogP contribution in [0, 0.1) is 0 Å². The van der Waals surface area contributed by atoms with Crippen LogP contribution >= 0.6 is 11.3 Å². The maximum atomic E-state index is 10.9. The molecule has 84 valence electrons. The molecule has 0 aliphatic carbocycles. The summed E-state index contributed by atoms with van der Waals surface area (Å²) in [5.74, 6) is -0.223. The van der Waals surface area contributed by atoms with Crippen molar-refractivity contribution in [2.45, 2.75) is 25.9 Å². The van der Waals surface area contributed by atoms with Crippen molar-refractivity contribution < 1.29 is 14.3 Å². The number of carbonyl (C=O) groups is 1. The van der Waals surface area contributed by atoms with Crippen molar-refractivity contribution in [2.24, 2.45) is 0 Å². The molecule has 0 saturated heterocycles. The number of thiophene rings is 1. The van der Waals surface area contributed by atoms with Crippen LogP contribution in [0.15, 0.2) is 17.5 Å². The zero-order valence-electron chi connectivity index (χ0n) is 9.06. The van der Waals surface area contributed by atoms with E-state index in [9.17, 15) is 4.79 Å². The fourth-order valence-electron chi connectivity index (χ4n) is 1.19. The van der Waals surface area contributed by atoms with Gasteiger partial charge in [0.25, 0.3) is 0 Å². The maximum absolute atomic E-state index is 10.9. The smallest absolute Gasteiger partial charge is 0.308 e. The molecule has 0 fully saturated rings. The molecule has 0 aromatic carbocycles. The summed E-state index contributed by atoms with van der Waals surface area (Å²) in [5.41, 5.74) is 0. The Kier molecular flexibility index (Phi) is 5.36. The van der Waals surface area contributed by atoms with Crippen molar-refractivity contribution in [3.05, 3.63) is 22.4 Å². The number of hydrogen-bond acceptors (Lipinski definition) is 4. The fraction of sp³-hybridized carbons (Fsp3) is 0.545. The molecule has 0 radical (unpaired) electrons. The van der Waals surface area contributed by atoms with Gasteiger partial charge in [0, 0.05) is 11.3 Å². The van der Waals surface area contributed by atoms with Gasteiger partial charge in [-0.15, -0.1) is 11.3 Å². The quantitative estimate of drug-likeness (QED) is 0.701. The van der Waals surface area contributed by atoms with Crippen molar-refractivity contribution in [3.8, 4) is 0 Å². The monoisotopic (exact) mass is 228 g/mol. The summed E-state index contributed by atoms with van der Waals surface area (Å²) in [6, 6.07) is 4.11. The summed E-state index contributed by atoms with van der Waals surface area (Å²) < 4.78 is 10.0. The van der Waals surface area contributed by atoms with Gasteiger partial charge in [-0.1, -0.05) is 6.07 Å². The molecule has 0 saturated carbocycles. The Morgan fingerprint density at radius 3 is 3.00 bits per heavy atom. The van der Waals surface area contributed by atoms with Gasteiger partial charge in [0.1, 0.15) is 0 Å². The predicted octanol–water partition coefficient (Wildman–Crippen LogP) is 2.26. The molecule has 0 spiro atoms. The Morgan fingerprint density at radius 1 is 1.60 bits per heavy atom. The minimum absolute atomic E-state index is 0.0718. The highest BCUT2D eigenvalue weighted by Crippen LogP contribution is 2.10.